The lowest BCUT2D eigenvalue weighted by Crippen LogP contribution is -2.37. The third kappa shape index (κ3) is 3.64. The third-order valence-corrected chi connectivity index (χ3v) is 7.38. The highest BCUT2D eigenvalue weighted by Crippen LogP contribution is 2.31. The summed E-state index contributed by atoms with van der Waals surface area (Å²) in [6.45, 7) is 3.47. The van der Waals surface area contributed by atoms with E-state index in [1.54, 1.807) is 24.3 Å². The normalized spacial score (nSPS) is 19.6. The van der Waals surface area contributed by atoms with Crippen molar-refractivity contribution in [3.8, 4) is 0 Å². The standard InChI is InChI=1S/C21H25N3O3S/c1-16-13-17-7-2-3-10-20(17)24(16)15-21(25)22-18-8-6-9-19(14-18)28(26,27)23-11-4-5-12-23/h2-3,6-10,14,16H,4-5,11-13,15H2,1H3,(H,22,25)/t16-/m1/s1. The van der Waals surface area contributed by atoms with Crippen molar-refractivity contribution < 1.29 is 13.2 Å². The number of carbonyl (C=O) groups is 1. The van der Waals surface area contributed by atoms with E-state index in [1.807, 2.05) is 18.2 Å². The summed E-state index contributed by atoms with van der Waals surface area (Å²) < 4.78 is 27.0. The zero-order valence-electron chi connectivity index (χ0n) is 16.0. The Labute approximate surface area is 166 Å². The first-order valence-corrected chi connectivity index (χ1v) is 11.1. The van der Waals surface area contributed by atoms with Crippen molar-refractivity contribution in [2.75, 3.05) is 29.9 Å². The quantitative estimate of drug-likeness (QED) is 0.839. The third-order valence-electron chi connectivity index (χ3n) is 5.48. The number of hydrogen-bond donors (Lipinski definition) is 1. The fraction of sp³-hybridized carbons (Fsp3) is 0.381. The minimum atomic E-state index is -3.50. The zero-order valence-corrected chi connectivity index (χ0v) is 16.8. The molecule has 2 aliphatic rings. The van der Waals surface area contributed by atoms with Crippen LogP contribution in [0.15, 0.2) is 53.4 Å². The molecule has 0 spiro atoms. The van der Waals surface area contributed by atoms with Gasteiger partial charge in [0.05, 0.1) is 11.4 Å². The molecule has 1 saturated heterocycles. The molecule has 4 rings (SSSR count). The van der Waals surface area contributed by atoms with Gasteiger partial charge in [-0.15, -0.1) is 0 Å². The average molecular weight is 400 g/mol. The Bertz CT molecular complexity index is 984. The fourth-order valence-electron chi connectivity index (χ4n) is 4.04. The van der Waals surface area contributed by atoms with Gasteiger partial charge < -0.3 is 10.2 Å². The second kappa shape index (κ2) is 7.56. The Morgan fingerprint density at radius 2 is 1.86 bits per heavy atom. The van der Waals surface area contributed by atoms with Crippen LogP contribution in [0.5, 0.6) is 0 Å². The van der Waals surface area contributed by atoms with Gasteiger partial charge in [-0.2, -0.15) is 4.31 Å². The molecule has 0 aromatic heterocycles. The molecule has 2 aromatic carbocycles. The number of para-hydroxylation sites is 1. The zero-order chi connectivity index (χ0) is 19.7. The SMILES string of the molecule is C[C@@H]1Cc2ccccc2N1CC(=O)Nc1cccc(S(=O)(=O)N2CCCC2)c1. The number of sulfonamides is 1. The molecule has 1 atom stereocenters. The summed E-state index contributed by atoms with van der Waals surface area (Å²) in [6, 6.07) is 14.9. The summed E-state index contributed by atoms with van der Waals surface area (Å²) in [6.07, 6.45) is 2.71. The molecule has 0 saturated carbocycles. The van der Waals surface area contributed by atoms with Crippen LogP contribution in [0.3, 0.4) is 0 Å². The van der Waals surface area contributed by atoms with Crippen LogP contribution in [-0.4, -0.2) is 44.3 Å². The minimum Gasteiger partial charge on any atom is -0.359 e. The van der Waals surface area contributed by atoms with E-state index >= 15 is 0 Å². The molecule has 1 N–H and O–H groups in total. The van der Waals surface area contributed by atoms with Crippen LogP contribution >= 0.6 is 0 Å². The van der Waals surface area contributed by atoms with Crippen molar-refractivity contribution in [2.45, 2.75) is 37.1 Å². The van der Waals surface area contributed by atoms with Gasteiger partial charge in [0.1, 0.15) is 0 Å². The number of benzene rings is 2. The Hall–Kier alpha value is -2.38. The van der Waals surface area contributed by atoms with E-state index in [9.17, 15) is 13.2 Å². The number of rotatable bonds is 5. The van der Waals surface area contributed by atoms with Gasteiger partial charge in [0, 0.05) is 30.5 Å². The molecule has 1 fully saturated rings. The van der Waals surface area contributed by atoms with E-state index in [0.29, 0.717) is 18.8 Å². The van der Waals surface area contributed by atoms with E-state index in [4.69, 9.17) is 0 Å². The molecule has 7 heteroatoms. The maximum atomic E-state index is 12.7. The van der Waals surface area contributed by atoms with E-state index < -0.39 is 10.0 Å². The van der Waals surface area contributed by atoms with Crippen LogP contribution in [0.1, 0.15) is 25.3 Å². The fourth-order valence-corrected chi connectivity index (χ4v) is 5.60. The van der Waals surface area contributed by atoms with Gasteiger partial charge in [0.25, 0.3) is 0 Å². The molecular formula is C21H25N3O3S. The second-order valence-corrected chi connectivity index (χ2v) is 9.43. The summed E-state index contributed by atoms with van der Waals surface area (Å²) >= 11 is 0. The van der Waals surface area contributed by atoms with Crippen LogP contribution in [0.25, 0.3) is 0 Å². The van der Waals surface area contributed by atoms with Gasteiger partial charge in [-0.1, -0.05) is 24.3 Å². The average Bonchev–Trinajstić information content (AvgIpc) is 3.31. The van der Waals surface area contributed by atoms with Gasteiger partial charge in [-0.3, -0.25) is 4.79 Å². The highest BCUT2D eigenvalue weighted by atomic mass is 32.2. The molecule has 2 heterocycles. The molecule has 0 aliphatic carbocycles. The van der Waals surface area contributed by atoms with Crippen molar-refractivity contribution in [3.05, 3.63) is 54.1 Å². The Balaban J connectivity index is 1.47. The molecule has 1 amide bonds. The summed E-state index contributed by atoms with van der Waals surface area (Å²) in [5, 5.41) is 2.86. The molecule has 28 heavy (non-hydrogen) atoms. The van der Waals surface area contributed by atoms with E-state index in [-0.39, 0.29) is 23.4 Å². The van der Waals surface area contributed by atoms with Crippen molar-refractivity contribution in [3.63, 3.8) is 0 Å². The first-order valence-electron chi connectivity index (χ1n) is 9.70. The maximum Gasteiger partial charge on any atom is 0.243 e. The van der Waals surface area contributed by atoms with Gasteiger partial charge in [0.2, 0.25) is 15.9 Å². The lowest BCUT2D eigenvalue weighted by molar-refractivity contribution is -0.115. The van der Waals surface area contributed by atoms with E-state index in [2.05, 4.69) is 23.2 Å². The van der Waals surface area contributed by atoms with E-state index in [1.165, 1.54) is 9.87 Å². The predicted octanol–water partition coefficient (Wildman–Crippen LogP) is 2.86. The minimum absolute atomic E-state index is 0.153. The van der Waals surface area contributed by atoms with Crippen LogP contribution in [-0.2, 0) is 21.2 Å². The molecule has 6 nitrogen and oxygen atoms in total. The summed E-state index contributed by atoms with van der Waals surface area (Å²) in [7, 11) is -3.50. The molecular weight excluding hydrogens is 374 g/mol. The summed E-state index contributed by atoms with van der Waals surface area (Å²) in [4.78, 5) is 14.9. The number of anilines is 2. The monoisotopic (exact) mass is 399 g/mol. The molecule has 0 radical (unpaired) electrons. The number of carbonyl (C=O) groups excluding carboxylic acids is 1. The van der Waals surface area contributed by atoms with Crippen LogP contribution in [0.4, 0.5) is 11.4 Å². The molecule has 0 unspecified atom stereocenters. The van der Waals surface area contributed by atoms with Crippen molar-refractivity contribution in [1.82, 2.24) is 4.31 Å². The van der Waals surface area contributed by atoms with Gasteiger partial charge in [-0.25, -0.2) is 8.42 Å². The largest absolute Gasteiger partial charge is 0.359 e. The maximum absolute atomic E-state index is 12.7. The van der Waals surface area contributed by atoms with Gasteiger partial charge in [-0.05, 0) is 56.0 Å². The smallest absolute Gasteiger partial charge is 0.243 e. The predicted molar refractivity (Wildman–Crippen MR) is 110 cm³/mol. The Morgan fingerprint density at radius 1 is 1.11 bits per heavy atom. The van der Waals surface area contributed by atoms with Crippen LogP contribution in [0, 0.1) is 0 Å². The van der Waals surface area contributed by atoms with Gasteiger partial charge >= 0.3 is 0 Å². The van der Waals surface area contributed by atoms with E-state index in [0.717, 1.165) is 24.9 Å². The van der Waals surface area contributed by atoms with Crippen molar-refractivity contribution >= 4 is 27.3 Å². The Kier molecular flexibility index (Phi) is 5.12. The van der Waals surface area contributed by atoms with Crippen molar-refractivity contribution in [1.29, 1.82) is 0 Å². The second-order valence-electron chi connectivity index (χ2n) is 7.50. The first-order chi connectivity index (χ1) is 13.4. The highest BCUT2D eigenvalue weighted by Gasteiger charge is 2.28. The lowest BCUT2D eigenvalue weighted by Gasteiger charge is -2.24. The number of nitrogens with one attached hydrogen (secondary N) is 1. The Morgan fingerprint density at radius 3 is 2.64 bits per heavy atom. The molecule has 148 valence electrons. The number of nitrogens with zero attached hydrogens (tertiary/aromatic N) is 2. The highest BCUT2D eigenvalue weighted by molar-refractivity contribution is 7.89. The van der Waals surface area contributed by atoms with Crippen molar-refractivity contribution in [2.24, 2.45) is 0 Å². The van der Waals surface area contributed by atoms with Crippen LogP contribution in [0.2, 0.25) is 0 Å². The lowest BCUT2D eigenvalue weighted by atomic mass is 10.1. The topological polar surface area (TPSA) is 69.7 Å². The number of amides is 1. The first kappa shape index (κ1) is 19.0. The molecule has 2 aromatic rings. The molecule has 0 bridgehead atoms. The number of fused-ring (bicyclic) bond motifs is 1. The summed E-state index contributed by atoms with van der Waals surface area (Å²) in [5.41, 5.74) is 2.85. The van der Waals surface area contributed by atoms with Crippen LogP contribution < -0.4 is 10.2 Å². The number of hydrogen-bond acceptors (Lipinski definition) is 4. The van der Waals surface area contributed by atoms with Gasteiger partial charge in [0.15, 0.2) is 0 Å². The molecule has 2 aliphatic heterocycles. The summed E-state index contributed by atoms with van der Waals surface area (Å²) in [5.74, 6) is -0.153.